The second kappa shape index (κ2) is 5.48. The van der Waals surface area contributed by atoms with Crippen molar-refractivity contribution in [1.82, 2.24) is 9.38 Å². The van der Waals surface area contributed by atoms with Gasteiger partial charge in [0.1, 0.15) is 19.5 Å². The fraction of sp³-hybridized carbons (Fsp3) is 0.273. The fourth-order valence-corrected chi connectivity index (χ4v) is 3.29. The van der Waals surface area contributed by atoms with E-state index in [4.69, 9.17) is 4.74 Å². The van der Waals surface area contributed by atoms with Crippen LogP contribution in [0.15, 0.2) is 29.4 Å². The van der Waals surface area contributed by atoms with Gasteiger partial charge in [-0.05, 0) is 19.1 Å². The molecule has 2 aromatic rings. The fourth-order valence-electron chi connectivity index (χ4n) is 1.62. The molecule has 0 spiro atoms. The van der Waals surface area contributed by atoms with Gasteiger partial charge in [0, 0.05) is 21.0 Å². The summed E-state index contributed by atoms with van der Waals surface area (Å²) in [6, 6.07) is 3.59. The lowest BCUT2D eigenvalue weighted by atomic mass is 10.5. The van der Waals surface area contributed by atoms with Gasteiger partial charge in [0.2, 0.25) is 0 Å². The second-order valence-electron chi connectivity index (χ2n) is 3.85. The van der Waals surface area contributed by atoms with E-state index in [1.165, 1.54) is 12.1 Å². The Kier molecular flexibility index (Phi) is 4.20. The summed E-state index contributed by atoms with van der Waals surface area (Å²) in [7, 11) is -4.74. The highest BCUT2D eigenvalue weighted by Crippen LogP contribution is 2.74. The summed E-state index contributed by atoms with van der Waals surface area (Å²) in [6.07, 6.45) is 1.02. The number of alkyl halides is 3. The molecular formula is C11H9BrF4N2O2S. The van der Waals surface area contributed by atoms with Crippen LogP contribution in [0, 0.1) is 0 Å². The number of carbonyl (C=O) groups is 1. The van der Waals surface area contributed by atoms with E-state index in [-0.39, 0.29) is 17.9 Å². The zero-order valence-corrected chi connectivity index (χ0v) is 12.9. The molecule has 0 saturated heterocycles. The Labute approximate surface area is 125 Å². The first-order chi connectivity index (χ1) is 9.68. The Bertz CT molecular complexity index is 686. The Hall–Kier alpha value is -1.29. The lowest BCUT2D eigenvalue weighted by Crippen LogP contribution is -2.14. The minimum Gasteiger partial charge on any atom is -0.461 e. The summed E-state index contributed by atoms with van der Waals surface area (Å²) >= 11 is 2.14. The summed E-state index contributed by atoms with van der Waals surface area (Å²) in [5.74, 6) is -0.784. The average Bonchev–Trinajstić information content (AvgIpc) is 2.81. The highest BCUT2D eigenvalue weighted by molar-refractivity contribution is 9.57. The predicted molar refractivity (Wildman–Crippen MR) is 73.1 cm³/mol. The van der Waals surface area contributed by atoms with E-state index in [0.29, 0.717) is 0 Å². The molecule has 0 aromatic carbocycles. The quantitative estimate of drug-likeness (QED) is 0.578. The molecule has 2 heterocycles. The highest BCUT2D eigenvalue weighted by Gasteiger charge is 2.52. The third kappa shape index (κ3) is 2.86. The van der Waals surface area contributed by atoms with E-state index in [0.717, 1.165) is 16.7 Å². The molecule has 0 radical (unpaired) electrons. The summed E-state index contributed by atoms with van der Waals surface area (Å²) in [5, 5.41) is -0.657. The molecule has 21 heavy (non-hydrogen) atoms. The van der Waals surface area contributed by atoms with Gasteiger partial charge in [0.15, 0.2) is 5.69 Å². The summed E-state index contributed by atoms with van der Waals surface area (Å²) in [5.41, 5.74) is -5.25. The van der Waals surface area contributed by atoms with Gasteiger partial charge in [-0.15, -0.1) is 0 Å². The van der Waals surface area contributed by atoms with Crippen LogP contribution in [0.3, 0.4) is 0 Å². The van der Waals surface area contributed by atoms with Crippen LogP contribution in [0.5, 0.6) is 0 Å². The standard InChI is InChI=1S/C11H9BrF4N2O2S/c1-2-20-10(19)7-6-18-8(17-7)4-3-5-9(18)21(12,16)11(13,14)15/h3-6H,2H2,1H3. The van der Waals surface area contributed by atoms with Crippen molar-refractivity contribution in [2.45, 2.75) is 17.5 Å². The molecular weight excluding hydrogens is 380 g/mol. The molecule has 2 aromatic heterocycles. The molecule has 4 nitrogen and oxygen atoms in total. The molecule has 0 amide bonds. The third-order valence-corrected chi connectivity index (χ3v) is 6.03. The Morgan fingerprint density at radius 3 is 2.71 bits per heavy atom. The van der Waals surface area contributed by atoms with E-state index in [1.807, 2.05) is 0 Å². The molecule has 116 valence electrons. The molecule has 0 aliphatic heterocycles. The van der Waals surface area contributed by atoms with E-state index in [1.54, 1.807) is 6.92 Å². The summed E-state index contributed by atoms with van der Waals surface area (Å²) in [6.45, 7) is 1.68. The largest absolute Gasteiger partial charge is 0.466 e. The van der Waals surface area contributed by atoms with Crippen LogP contribution in [-0.2, 0) is 4.74 Å². The number of aromatic nitrogens is 2. The number of nitrogens with zero attached hydrogens (tertiary/aromatic N) is 2. The van der Waals surface area contributed by atoms with E-state index in [9.17, 15) is 21.9 Å². The summed E-state index contributed by atoms with van der Waals surface area (Å²) < 4.78 is 58.2. The van der Waals surface area contributed by atoms with Gasteiger partial charge >= 0.3 is 11.5 Å². The number of pyridine rings is 1. The van der Waals surface area contributed by atoms with Gasteiger partial charge in [0.05, 0.1) is 6.61 Å². The molecule has 0 aliphatic rings. The summed E-state index contributed by atoms with van der Waals surface area (Å²) in [4.78, 5) is 15.4. The van der Waals surface area contributed by atoms with Crippen molar-refractivity contribution in [2.24, 2.45) is 0 Å². The topological polar surface area (TPSA) is 43.6 Å². The lowest BCUT2D eigenvalue weighted by molar-refractivity contribution is -0.0398. The van der Waals surface area contributed by atoms with Crippen molar-refractivity contribution in [1.29, 1.82) is 0 Å². The Balaban J connectivity index is 2.59. The highest BCUT2D eigenvalue weighted by atomic mass is 79.9. The molecule has 0 bridgehead atoms. The Morgan fingerprint density at radius 2 is 2.14 bits per heavy atom. The number of hydrogen-bond donors (Lipinski definition) is 0. The zero-order valence-electron chi connectivity index (χ0n) is 10.5. The van der Waals surface area contributed by atoms with Crippen molar-refractivity contribution in [3.05, 3.63) is 30.1 Å². The third-order valence-electron chi connectivity index (χ3n) is 2.49. The van der Waals surface area contributed by atoms with Crippen LogP contribution in [-0.4, -0.2) is 27.5 Å². The number of esters is 1. The molecule has 0 saturated carbocycles. The maximum Gasteiger partial charge on any atom is 0.466 e. The number of halogens is 5. The van der Waals surface area contributed by atoms with Gasteiger partial charge in [0.25, 0.3) is 0 Å². The van der Waals surface area contributed by atoms with Crippen LogP contribution < -0.4 is 0 Å². The first-order valence-corrected chi connectivity index (χ1v) is 9.00. The van der Waals surface area contributed by atoms with E-state index >= 15 is 0 Å². The number of rotatable bonds is 3. The van der Waals surface area contributed by atoms with Crippen LogP contribution in [0.25, 0.3) is 5.65 Å². The van der Waals surface area contributed by atoms with Gasteiger partial charge < -0.3 is 4.74 Å². The lowest BCUT2D eigenvalue weighted by Gasteiger charge is -2.26. The van der Waals surface area contributed by atoms with Crippen LogP contribution in [0.2, 0.25) is 0 Å². The van der Waals surface area contributed by atoms with Gasteiger partial charge in [-0.3, -0.25) is 4.40 Å². The number of carbonyl (C=O) groups excluding carboxylic acids is 1. The molecule has 2 rings (SSSR count). The predicted octanol–water partition coefficient (Wildman–Crippen LogP) is 4.39. The SMILES string of the molecule is CCOC(=O)c1cn2c(S(F)(Br)C(F)(F)F)cccc2n1. The molecule has 10 heteroatoms. The minimum atomic E-state index is -5.09. The number of fused-ring (bicyclic) bond motifs is 1. The van der Waals surface area contributed by atoms with Crippen molar-refractivity contribution in [3.63, 3.8) is 0 Å². The smallest absolute Gasteiger partial charge is 0.461 e. The van der Waals surface area contributed by atoms with Crippen molar-refractivity contribution in [2.75, 3.05) is 6.61 Å². The minimum absolute atomic E-state index is 0.0220. The average molecular weight is 389 g/mol. The normalized spacial score (nSPS) is 16.5. The number of hydrogen-bond acceptors (Lipinski definition) is 3. The molecule has 0 fully saturated rings. The molecule has 0 aliphatic carbocycles. The maximum absolute atomic E-state index is 14.1. The van der Waals surface area contributed by atoms with Crippen LogP contribution in [0.1, 0.15) is 17.4 Å². The Morgan fingerprint density at radius 1 is 1.48 bits per heavy atom. The monoisotopic (exact) mass is 388 g/mol. The zero-order chi connectivity index (χ0) is 15.8. The van der Waals surface area contributed by atoms with Crippen LogP contribution >= 0.6 is 23.7 Å². The second-order valence-corrected chi connectivity index (χ2v) is 8.35. The molecule has 1 atom stereocenters. The first kappa shape index (κ1) is 16.1. The molecule has 1 unspecified atom stereocenters. The van der Waals surface area contributed by atoms with Gasteiger partial charge in [-0.25, -0.2) is 9.78 Å². The van der Waals surface area contributed by atoms with Crippen molar-refractivity contribution in [3.8, 4) is 0 Å². The van der Waals surface area contributed by atoms with Crippen molar-refractivity contribution >= 4 is 35.3 Å². The van der Waals surface area contributed by atoms with Gasteiger partial charge in [-0.1, -0.05) is 6.07 Å². The van der Waals surface area contributed by atoms with E-state index < -0.39 is 25.4 Å². The first-order valence-electron chi connectivity index (χ1n) is 5.62. The molecule has 0 N–H and O–H groups in total. The van der Waals surface area contributed by atoms with E-state index in [2.05, 4.69) is 19.8 Å². The van der Waals surface area contributed by atoms with Crippen molar-refractivity contribution < 1.29 is 26.6 Å². The number of ether oxygens (including phenoxy) is 1. The van der Waals surface area contributed by atoms with Crippen LogP contribution in [0.4, 0.5) is 17.1 Å². The maximum atomic E-state index is 14.1. The van der Waals surface area contributed by atoms with Gasteiger partial charge in [-0.2, -0.15) is 17.1 Å². The number of imidazole rings is 1.